The summed E-state index contributed by atoms with van der Waals surface area (Å²) in [6, 6.07) is 0. The van der Waals surface area contributed by atoms with Crippen LogP contribution < -0.4 is 0 Å². The largest absolute Gasteiger partial charge is 0.462 e. The van der Waals surface area contributed by atoms with E-state index in [2.05, 4.69) is 27.7 Å². The van der Waals surface area contributed by atoms with Crippen LogP contribution in [0.15, 0.2) is 0 Å². The van der Waals surface area contributed by atoms with Gasteiger partial charge in [0.25, 0.3) is 0 Å². The van der Waals surface area contributed by atoms with Crippen LogP contribution in [0.25, 0.3) is 0 Å². The van der Waals surface area contributed by atoms with Gasteiger partial charge in [-0.1, -0.05) is 214 Å². The summed E-state index contributed by atoms with van der Waals surface area (Å²) in [5, 5.41) is 0. The summed E-state index contributed by atoms with van der Waals surface area (Å²) in [4.78, 5) is 37.7. The third kappa shape index (κ3) is 39.6. The molecule has 0 amide bonds. The summed E-state index contributed by atoms with van der Waals surface area (Å²) >= 11 is 0. The standard InChI is InChI=1S/C46H88O6/c1-5-7-9-11-13-15-17-18-22-25-29-33-37-44(47)50-40-43(52-46(49)39-35-31-27-21-16-14-12-10-8-6-2)41-51-45(48)38-34-30-26-23-19-20-24-28-32-36-42(3)4/h42-43H,5-41H2,1-4H3/t43-/m1/s1. The van der Waals surface area contributed by atoms with Crippen LogP contribution in [0.5, 0.6) is 0 Å². The lowest BCUT2D eigenvalue weighted by molar-refractivity contribution is -0.167. The average molecular weight is 737 g/mol. The van der Waals surface area contributed by atoms with E-state index in [1.165, 1.54) is 148 Å². The lowest BCUT2D eigenvalue weighted by Gasteiger charge is -2.18. The van der Waals surface area contributed by atoms with Crippen LogP contribution in [-0.2, 0) is 28.6 Å². The second-order valence-electron chi connectivity index (χ2n) is 16.2. The molecule has 0 aliphatic rings. The average Bonchev–Trinajstić information content (AvgIpc) is 3.12. The van der Waals surface area contributed by atoms with E-state index in [-0.39, 0.29) is 31.1 Å². The normalized spacial score (nSPS) is 11.9. The zero-order valence-corrected chi connectivity index (χ0v) is 35.3. The molecule has 0 heterocycles. The molecule has 0 saturated carbocycles. The molecule has 0 rings (SSSR count). The highest BCUT2D eigenvalue weighted by Crippen LogP contribution is 2.16. The molecule has 0 saturated heterocycles. The lowest BCUT2D eigenvalue weighted by atomic mass is 10.0. The van der Waals surface area contributed by atoms with Gasteiger partial charge in [0.1, 0.15) is 13.2 Å². The highest BCUT2D eigenvalue weighted by atomic mass is 16.6. The van der Waals surface area contributed by atoms with Gasteiger partial charge in [-0.15, -0.1) is 0 Å². The van der Waals surface area contributed by atoms with Gasteiger partial charge in [-0.2, -0.15) is 0 Å². The summed E-state index contributed by atoms with van der Waals surface area (Å²) in [7, 11) is 0. The van der Waals surface area contributed by atoms with Crippen molar-refractivity contribution in [1.82, 2.24) is 0 Å². The van der Waals surface area contributed by atoms with Crippen LogP contribution in [0.1, 0.15) is 252 Å². The van der Waals surface area contributed by atoms with Crippen molar-refractivity contribution in [3.05, 3.63) is 0 Å². The zero-order chi connectivity index (χ0) is 38.2. The number of rotatable bonds is 41. The van der Waals surface area contributed by atoms with Crippen molar-refractivity contribution in [2.75, 3.05) is 13.2 Å². The molecular formula is C46H88O6. The summed E-state index contributed by atoms with van der Waals surface area (Å²) in [5.74, 6) is -0.0471. The zero-order valence-electron chi connectivity index (χ0n) is 35.3. The van der Waals surface area contributed by atoms with Gasteiger partial charge in [-0.25, -0.2) is 0 Å². The van der Waals surface area contributed by atoms with Crippen LogP contribution in [-0.4, -0.2) is 37.2 Å². The molecule has 0 unspecified atom stereocenters. The number of unbranched alkanes of at least 4 members (excludes halogenated alkanes) is 28. The maximum Gasteiger partial charge on any atom is 0.306 e. The summed E-state index contributed by atoms with van der Waals surface area (Å²) in [6.45, 7) is 8.96. The van der Waals surface area contributed by atoms with Gasteiger partial charge in [0.05, 0.1) is 0 Å². The van der Waals surface area contributed by atoms with E-state index in [0.717, 1.165) is 63.7 Å². The minimum Gasteiger partial charge on any atom is -0.462 e. The SMILES string of the molecule is CCCCCCCCCCCCCCC(=O)OC[C@H](COC(=O)CCCCCCCCCCCC(C)C)OC(=O)CCCCCCCCCCCC. The molecule has 52 heavy (non-hydrogen) atoms. The van der Waals surface area contributed by atoms with Gasteiger partial charge in [-0.05, 0) is 25.2 Å². The van der Waals surface area contributed by atoms with Crippen LogP contribution in [0, 0.1) is 5.92 Å². The van der Waals surface area contributed by atoms with Gasteiger partial charge < -0.3 is 14.2 Å². The Morgan fingerprint density at radius 3 is 0.942 bits per heavy atom. The molecule has 1 atom stereocenters. The van der Waals surface area contributed by atoms with Crippen molar-refractivity contribution >= 4 is 17.9 Å². The van der Waals surface area contributed by atoms with Crippen molar-refractivity contribution < 1.29 is 28.6 Å². The molecule has 0 aliphatic heterocycles. The molecule has 6 heteroatoms. The van der Waals surface area contributed by atoms with Gasteiger partial charge in [0, 0.05) is 19.3 Å². The van der Waals surface area contributed by atoms with Gasteiger partial charge in [0.2, 0.25) is 0 Å². The number of ether oxygens (including phenoxy) is 3. The molecule has 0 radical (unpaired) electrons. The summed E-state index contributed by atoms with van der Waals surface area (Å²) in [6.07, 6.45) is 39.4. The molecule has 0 aromatic carbocycles. The van der Waals surface area contributed by atoms with E-state index in [4.69, 9.17) is 14.2 Å². The topological polar surface area (TPSA) is 78.9 Å². The molecule has 0 spiro atoms. The fourth-order valence-electron chi connectivity index (χ4n) is 6.80. The third-order valence-electron chi connectivity index (χ3n) is 10.3. The van der Waals surface area contributed by atoms with Crippen LogP contribution >= 0.6 is 0 Å². The Bertz CT molecular complexity index is 781. The maximum absolute atomic E-state index is 12.7. The number of esters is 3. The smallest absolute Gasteiger partial charge is 0.306 e. The Morgan fingerprint density at radius 2 is 0.635 bits per heavy atom. The third-order valence-corrected chi connectivity index (χ3v) is 10.3. The quantitative estimate of drug-likeness (QED) is 0.0353. The monoisotopic (exact) mass is 737 g/mol. The van der Waals surface area contributed by atoms with E-state index < -0.39 is 6.10 Å². The number of hydrogen-bond donors (Lipinski definition) is 0. The Labute approximate surface area is 323 Å². The first-order valence-electron chi connectivity index (χ1n) is 22.9. The Kier molecular flexibility index (Phi) is 39.4. The van der Waals surface area contributed by atoms with Crippen LogP contribution in [0.2, 0.25) is 0 Å². The van der Waals surface area contributed by atoms with E-state index in [1.807, 2.05) is 0 Å². The first-order chi connectivity index (χ1) is 25.4. The lowest BCUT2D eigenvalue weighted by Crippen LogP contribution is -2.30. The van der Waals surface area contributed by atoms with Crippen molar-refractivity contribution in [2.45, 2.75) is 259 Å². The Morgan fingerprint density at radius 1 is 0.365 bits per heavy atom. The highest BCUT2D eigenvalue weighted by Gasteiger charge is 2.19. The van der Waals surface area contributed by atoms with Crippen molar-refractivity contribution in [3.63, 3.8) is 0 Å². The number of carbonyl (C=O) groups excluding carboxylic acids is 3. The first kappa shape index (κ1) is 50.4. The highest BCUT2D eigenvalue weighted by molar-refractivity contribution is 5.71. The minimum atomic E-state index is -0.758. The van der Waals surface area contributed by atoms with Gasteiger partial charge in [-0.3, -0.25) is 14.4 Å². The Hall–Kier alpha value is -1.59. The van der Waals surface area contributed by atoms with Crippen molar-refractivity contribution in [1.29, 1.82) is 0 Å². The fraction of sp³-hybridized carbons (Fsp3) is 0.935. The summed E-state index contributed by atoms with van der Waals surface area (Å²) < 4.78 is 16.7. The molecule has 0 bridgehead atoms. The predicted molar refractivity (Wildman–Crippen MR) is 220 cm³/mol. The van der Waals surface area contributed by atoms with Crippen molar-refractivity contribution in [3.8, 4) is 0 Å². The van der Waals surface area contributed by atoms with E-state index in [1.54, 1.807) is 0 Å². The first-order valence-corrected chi connectivity index (χ1v) is 22.9. The number of carbonyl (C=O) groups is 3. The molecule has 0 aromatic rings. The van der Waals surface area contributed by atoms with Crippen LogP contribution in [0.3, 0.4) is 0 Å². The van der Waals surface area contributed by atoms with E-state index in [0.29, 0.717) is 19.3 Å². The van der Waals surface area contributed by atoms with E-state index >= 15 is 0 Å². The minimum absolute atomic E-state index is 0.0639. The second kappa shape index (κ2) is 40.6. The van der Waals surface area contributed by atoms with Gasteiger partial charge in [0.15, 0.2) is 6.10 Å². The molecule has 0 N–H and O–H groups in total. The Balaban J connectivity index is 4.32. The molecule has 0 aromatic heterocycles. The number of hydrogen-bond acceptors (Lipinski definition) is 6. The fourth-order valence-corrected chi connectivity index (χ4v) is 6.80. The molecule has 308 valence electrons. The van der Waals surface area contributed by atoms with E-state index in [9.17, 15) is 14.4 Å². The molecular weight excluding hydrogens is 648 g/mol. The van der Waals surface area contributed by atoms with Crippen LogP contribution in [0.4, 0.5) is 0 Å². The second-order valence-corrected chi connectivity index (χ2v) is 16.2. The maximum atomic E-state index is 12.7. The van der Waals surface area contributed by atoms with Gasteiger partial charge >= 0.3 is 17.9 Å². The predicted octanol–water partition coefficient (Wildman–Crippen LogP) is 14.3. The molecule has 0 aliphatic carbocycles. The summed E-state index contributed by atoms with van der Waals surface area (Å²) in [5.41, 5.74) is 0. The molecule has 6 nitrogen and oxygen atoms in total. The van der Waals surface area contributed by atoms with Crippen molar-refractivity contribution in [2.24, 2.45) is 5.92 Å². The molecule has 0 fully saturated rings.